The number of ether oxygens (including phenoxy) is 2. The maximum atomic E-state index is 13.3. The molecule has 0 radical (unpaired) electrons. The number of rotatable bonds is 4. The Labute approximate surface area is 169 Å². The maximum Gasteiger partial charge on any atom is 0.314 e. The summed E-state index contributed by atoms with van der Waals surface area (Å²) < 4.78 is 17.0. The minimum absolute atomic E-state index is 0.0381. The molecule has 150 valence electrons. The topological polar surface area (TPSA) is 65.7 Å². The van der Waals surface area contributed by atoms with Crippen LogP contribution in [0.4, 0.5) is 0 Å². The summed E-state index contributed by atoms with van der Waals surface area (Å²) in [5, 5.41) is 0.411. The second-order valence-electron chi connectivity index (χ2n) is 7.57. The van der Waals surface area contributed by atoms with Gasteiger partial charge in [-0.05, 0) is 56.2 Å². The Morgan fingerprint density at radius 2 is 1.76 bits per heavy atom. The van der Waals surface area contributed by atoms with Crippen molar-refractivity contribution >= 4 is 16.9 Å². The minimum Gasteiger partial charge on any atom is -0.497 e. The zero-order valence-corrected chi connectivity index (χ0v) is 16.7. The van der Waals surface area contributed by atoms with Crippen LogP contribution in [0.1, 0.15) is 37.7 Å². The van der Waals surface area contributed by atoms with Crippen LogP contribution in [0, 0.1) is 12.8 Å². The molecule has 5 heteroatoms. The van der Waals surface area contributed by atoms with E-state index in [2.05, 4.69) is 0 Å². The fourth-order valence-electron chi connectivity index (χ4n) is 3.84. The van der Waals surface area contributed by atoms with E-state index in [0.717, 1.165) is 37.7 Å². The third-order valence-electron chi connectivity index (χ3n) is 5.50. The summed E-state index contributed by atoms with van der Waals surface area (Å²) in [5.41, 5.74) is 1.72. The van der Waals surface area contributed by atoms with Crippen LogP contribution in [0.3, 0.4) is 0 Å². The lowest BCUT2D eigenvalue weighted by molar-refractivity contribution is -0.140. The number of hydrogen-bond acceptors (Lipinski definition) is 5. The highest BCUT2D eigenvalue weighted by Crippen LogP contribution is 2.33. The van der Waals surface area contributed by atoms with Crippen LogP contribution in [0.25, 0.3) is 22.3 Å². The highest BCUT2D eigenvalue weighted by Gasteiger charge is 2.27. The largest absolute Gasteiger partial charge is 0.497 e. The highest BCUT2D eigenvalue weighted by atomic mass is 16.5. The van der Waals surface area contributed by atoms with Crippen LogP contribution in [0.2, 0.25) is 0 Å². The fourth-order valence-corrected chi connectivity index (χ4v) is 3.84. The smallest absolute Gasteiger partial charge is 0.314 e. The Hall–Kier alpha value is -3.08. The van der Waals surface area contributed by atoms with Crippen molar-refractivity contribution in [1.29, 1.82) is 0 Å². The lowest BCUT2D eigenvalue weighted by Crippen LogP contribution is -2.25. The summed E-state index contributed by atoms with van der Waals surface area (Å²) in [6, 6.07) is 12.5. The van der Waals surface area contributed by atoms with E-state index in [1.54, 1.807) is 43.5 Å². The van der Waals surface area contributed by atoms with E-state index >= 15 is 0 Å². The molecule has 1 aromatic heterocycles. The molecule has 0 amide bonds. The molecule has 0 bridgehead atoms. The normalized spacial score (nSPS) is 14.7. The van der Waals surface area contributed by atoms with Gasteiger partial charge < -0.3 is 13.9 Å². The Kier molecular flexibility index (Phi) is 5.38. The van der Waals surface area contributed by atoms with E-state index < -0.39 is 0 Å². The summed E-state index contributed by atoms with van der Waals surface area (Å²) >= 11 is 0. The van der Waals surface area contributed by atoms with Crippen molar-refractivity contribution in [2.75, 3.05) is 7.11 Å². The van der Waals surface area contributed by atoms with Gasteiger partial charge in [0.1, 0.15) is 11.3 Å². The zero-order valence-electron chi connectivity index (χ0n) is 16.7. The van der Waals surface area contributed by atoms with Crippen molar-refractivity contribution in [3.05, 3.63) is 58.3 Å². The Morgan fingerprint density at radius 3 is 2.45 bits per heavy atom. The van der Waals surface area contributed by atoms with Gasteiger partial charge in [0.2, 0.25) is 11.2 Å². The second-order valence-corrected chi connectivity index (χ2v) is 7.57. The number of carbonyl (C=O) groups excluding carboxylic acids is 1. The monoisotopic (exact) mass is 392 g/mol. The molecule has 1 aliphatic rings. The first kappa shape index (κ1) is 19.2. The predicted molar refractivity (Wildman–Crippen MR) is 111 cm³/mol. The van der Waals surface area contributed by atoms with Gasteiger partial charge in [0.05, 0.1) is 18.4 Å². The molecule has 0 spiro atoms. The Bertz CT molecular complexity index is 1090. The molecule has 0 aliphatic heterocycles. The predicted octanol–water partition coefficient (Wildman–Crippen LogP) is 5.26. The van der Waals surface area contributed by atoms with E-state index in [1.165, 1.54) is 0 Å². The maximum absolute atomic E-state index is 13.3. The van der Waals surface area contributed by atoms with Crippen molar-refractivity contribution < 1.29 is 18.7 Å². The van der Waals surface area contributed by atoms with Crippen LogP contribution in [0.5, 0.6) is 11.5 Å². The molecule has 0 N–H and O–H groups in total. The summed E-state index contributed by atoms with van der Waals surface area (Å²) in [4.78, 5) is 26.0. The molecule has 29 heavy (non-hydrogen) atoms. The number of aryl methyl sites for hydroxylation is 1. The van der Waals surface area contributed by atoms with E-state index in [1.807, 2.05) is 13.0 Å². The number of benzene rings is 2. The number of carbonyl (C=O) groups is 1. The van der Waals surface area contributed by atoms with Crippen molar-refractivity contribution in [2.45, 2.75) is 39.0 Å². The summed E-state index contributed by atoms with van der Waals surface area (Å²) in [7, 11) is 1.59. The molecular formula is C24H24O5. The fraction of sp³-hybridized carbons (Fsp3) is 0.333. The molecule has 1 aliphatic carbocycles. The lowest BCUT2D eigenvalue weighted by Gasteiger charge is -2.20. The molecule has 5 nitrogen and oxygen atoms in total. The van der Waals surface area contributed by atoms with Gasteiger partial charge in [-0.3, -0.25) is 9.59 Å². The number of methoxy groups -OCH3 is 1. The lowest BCUT2D eigenvalue weighted by atomic mass is 9.89. The van der Waals surface area contributed by atoms with Crippen LogP contribution in [0.15, 0.2) is 51.7 Å². The van der Waals surface area contributed by atoms with Gasteiger partial charge in [0, 0.05) is 5.56 Å². The van der Waals surface area contributed by atoms with Crippen LogP contribution >= 0.6 is 0 Å². The third-order valence-corrected chi connectivity index (χ3v) is 5.50. The first-order chi connectivity index (χ1) is 14.1. The van der Waals surface area contributed by atoms with Gasteiger partial charge >= 0.3 is 5.97 Å². The summed E-state index contributed by atoms with van der Waals surface area (Å²) in [6.45, 7) is 1.91. The van der Waals surface area contributed by atoms with Crippen molar-refractivity contribution in [1.82, 2.24) is 0 Å². The minimum atomic E-state index is -0.348. The van der Waals surface area contributed by atoms with Gasteiger partial charge in [-0.1, -0.05) is 30.9 Å². The molecule has 1 fully saturated rings. The first-order valence-electron chi connectivity index (χ1n) is 10.0. The van der Waals surface area contributed by atoms with Gasteiger partial charge in [-0.25, -0.2) is 0 Å². The summed E-state index contributed by atoms with van der Waals surface area (Å²) in [6.07, 6.45) is 4.76. The quantitative estimate of drug-likeness (QED) is 0.567. The molecule has 4 rings (SSSR count). The molecule has 3 aromatic rings. The third kappa shape index (κ3) is 3.90. The number of esters is 1. The standard InChI is InChI=1S/C24H24O5/c1-15-8-13-20-19(14-15)21(25)23(29-24(26)17-6-4-3-5-7-17)22(28-20)16-9-11-18(27-2)12-10-16/h8-14,17H,3-7H2,1-2H3. The van der Waals surface area contributed by atoms with E-state index in [0.29, 0.717) is 22.3 Å². The average molecular weight is 392 g/mol. The van der Waals surface area contributed by atoms with E-state index in [9.17, 15) is 9.59 Å². The van der Waals surface area contributed by atoms with Crippen LogP contribution < -0.4 is 14.9 Å². The molecule has 0 unspecified atom stereocenters. The molecule has 2 aromatic carbocycles. The van der Waals surface area contributed by atoms with Crippen molar-refractivity contribution in [3.63, 3.8) is 0 Å². The van der Waals surface area contributed by atoms with Crippen LogP contribution in [-0.2, 0) is 4.79 Å². The van der Waals surface area contributed by atoms with Crippen molar-refractivity contribution in [3.8, 4) is 22.8 Å². The highest BCUT2D eigenvalue weighted by molar-refractivity contribution is 5.85. The SMILES string of the molecule is COc1ccc(-c2oc3ccc(C)cc3c(=O)c2OC(=O)C2CCCCC2)cc1. The van der Waals surface area contributed by atoms with Gasteiger partial charge in [0.25, 0.3) is 0 Å². The molecule has 1 saturated carbocycles. The molecular weight excluding hydrogens is 368 g/mol. The average Bonchev–Trinajstić information content (AvgIpc) is 2.76. The Balaban J connectivity index is 1.83. The molecule has 0 atom stereocenters. The molecule has 0 saturated heterocycles. The second kappa shape index (κ2) is 8.11. The number of fused-ring (bicyclic) bond motifs is 1. The van der Waals surface area contributed by atoms with Gasteiger partial charge in [-0.2, -0.15) is 0 Å². The van der Waals surface area contributed by atoms with E-state index in [-0.39, 0.29) is 28.8 Å². The molecule has 1 heterocycles. The zero-order chi connectivity index (χ0) is 20.4. The van der Waals surface area contributed by atoms with E-state index in [4.69, 9.17) is 13.9 Å². The van der Waals surface area contributed by atoms with Gasteiger partial charge in [0.15, 0.2) is 5.76 Å². The van der Waals surface area contributed by atoms with Crippen molar-refractivity contribution in [2.24, 2.45) is 5.92 Å². The van der Waals surface area contributed by atoms with Crippen LogP contribution in [-0.4, -0.2) is 13.1 Å². The number of hydrogen-bond donors (Lipinski definition) is 0. The summed E-state index contributed by atoms with van der Waals surface area (Å²) in [5.74, 6) is 0.397. The first-order valence-corrected chi connectivity index (χ1v) is 10.0. The van der Waals surface area contributed by atoms with Gasteiger partial charge in [-0.15, -0.1) is 0 Å². The Morgan fingerprint density at radius 1 is 1.03 bits per heavy atom.